The van der Waals surface area contributed by atoms with Gasteiger partial charge >= 0.3 is 0 Å². The van der Waals surface area contributed by atoms with Gasteiger partial charge in [0.05, 0.1) is 37.9 Å². The summed E-state index contributed by atoms with van der Waals surface area (Å²) in [6, 6.07) is 13.3. The van der Waals surface area contributed by atoms with E-state index in [1.54, 1.807) is 19.2 Å². The third kappa shape index (κ3) is 5.52. The number of benzene rings is 2. The monoisotopic (exact) mass is 422 g/mol. The number of hydrogen-bond donors (Lipinski definition) is 2. The number of halogens is 2. The molecule has 2 aromatic rings. The summed E-state index contributed by atoms with van der Waals surface area (Å²) in [6.45, 7) is 3.60. The number of aliphatic imine (C=N–C) groups is 1. The van der Waals surface area contributed by atoms with E-state index in [1.165, 1.54) is 0 Å². The van der Waals surface area contributed by atoms with Crippen LogP contribution in [0.15, 0.2) is 47.5 Å². The third-order valence-corrected chi connectivity index (χ3v) is 5.11. The zero-order valence-electron chi connectivity index (χ0n) is 15.7. The van der Waals surface area contributed by atoms with Gasteiger partial charge in [-0.15, -0.1) is 0 Å². The number of ether oxygens (including phenoxy) is 2. The Bertz CT molecular complexity index is 826. The highest BCUT2D eigenvalue weighted by Crippen LogP contribution is 2.27. The van der Waals surface area contributed by atoms with E-state index in [0.29, 0.717) is 41.5 Å². The summed E-state index contributed by atoms with van der Waals surface area (Å²) in [7, 11) is 1.58. The Morgan fingerprint density at radius 2 is 2.04 bits per heavy atom. The lowest BCUT2D eigenvalue weighted by atomic mass is 10.0. The van der Waals surface area contributed by atoms with Crippen molar-refractivity contribution in [3.8, 4) is 5.75 Å². The van der Waals surface area contributed by atoms with Crippen molar-refractivity contribution in [2.24, 2.45) is 10.7 Å². The molecule has 1 heterocycles. The summed E-state index contributed by atoms with van der Waals surface area (Å²) in [4.78, 5) is 6.90. The standard InChI is InChI=1S/C20H24Cl2N4O2/c1-27-19-6-5-16(12-17(19)22)25-20(23)24-13-18(26-7-9-28-10-8-26)14-3-2-4-15(21)11-14/h2-6,11-12,18H,7-10,13H2,1H3,(H3,23,24,25). The van der Waals surface area contributed by atoms with Crippen LogP contribution in [-0.4, -0.2) is 50.8 Å². The number of nitrogens with zero attached hydrogens (tertiary/aromatic N) is 2. The van der Waals surface area contributed by atoms with Crippen molar-refractivity contribution in [3.63, 3.8) is 0 Å². The summed E-state index contributed by atoms with van der Waals surface area (Å²) in [5.41, 5.74) is 7.97. The predicted molar refractivity (Wildman–Crippen MR) is 115 cm³/mol. The Kier molecular flexibility index (Phi) is 7.39. The molecule has 6 nitrogen and oxygen atoms in total. The van der Waals surface area contributed by atoms with Crippen molar-refractivity contribution in [2.75, 3.05) is 45.3 Å². The second-order valence-corrected chi connectivity index (χ2v) is 7.26. The zero-order valence-corrected chi connectivity index (χ0v) is 17.2. The van der Waals surface area contributed by atoms with E-state index in [4.69, 9.17) is 38.4 Å². The number of nitrogens with one attached hydrogen (secondary N) is 1. The fraction of sp³-hybridized carbons (Fsp3) is 0.350. The Morgan fingerprint density at radius 3 is 2.71 bits per heavy atom. The molecule has 0 amide bonds. The molecule has 1 atom stereocenters. The number of anilines is 1. The average molecular weight is 423 g/mol. The molecule has 0 aliphatic carbocycles. The number of methoxy groups -OCH3 is 1. The quantitative estimate of drug-likeness (QED) is 0.546. The molecule has 150 valence electrons. The van der Waals surface area contributed by atoms with Gasteiger partial charge in [0.15, 0.2) is 5.96 Å². The summed E-state index contributed by atoms with van der Waals surface area (Å²) in [5.74, 6) is 0.928. The molecule has 3 N–H and O–H groups in total. The largest absolute Gasteiger partial charge is 0.495 e. The van der Waals surface area contributed by atoms with Crippen molar-refractivity contribution >= 4 is 34.8 Å². The molecule has 3 rings (SSSR count). The van der Waals surface area contributed by atoms with E-state index < -0.39 is 0 Å². The van der Waals surface area contributed by atoms with Crippen LogP contribution < -0.4 is 15.8 Å². The Morgan fingerprint density at radius 1 is 1.25 bits per heavy atom. The van der Waals surface area contributed by atoms with Gasteiger partial charge in [-0.05, 0) is 35.9 Å². The van der Waals surface area contributed by atoms with E-state index in [-0.39, 0.29) is 6.04 Å². The lowest BCUT2D eigenvalue weighted by molar-refractivity contribution is 0.0180. The Balaban J connectivity index is 1.73. The van der Waals surface area contributed by atoms with Crippen LogP contribution in [0.3, 0.4) is 0 Å². The van der Waals surface area contributed by atoms with E-state index in [2.05, 4.69) is 21.3 Å². The van der Waals surface area contributed by atoms with Crippen LogP contribution in [0, 0.1) is 0 Å². The highest BCUT2D eigenvalue weighted by atomic mass is 35.5. The highest BCUT2D eigenvalue weighted by molar-refractivity contribution is 6.32. The zero-order chi connectivity index (χ0) is 19.9. The molecule has 1 fully saturated rings. The van der Waals surface area contributed by atoms with Crippen molar-refractivity contribution in [1.82, 2.24) is 4.90 Å². The molecule has 28 heavy (non-hydrogen) atoms. The molecule has 0 saturated carbocycles. The van der Waals surface area contributed by atoms with Crippen LogP contribution in [-0.2, 0) is 4.74 Å². The van der Waals surface area contributed by atoms with Crippen LogP contribution >= 0.6 is 23.2 Å². The van der Waals surface area contributed by atoms with Crippen molar-refractivity contribution < 1.29 is 9.47 Å². The maximum atomic E-state index is 6.20. The van der Waals surface area contributed by atoms with E-state index >= 15 is 0 Å². The third-order valence-electron chi connectivity index (χ3n) is 4.58. The lowest BCUT2D eigenvalue weighted by Crippen LogP contribution is -2.40. The molecule has 8 heteroatoms. The van der Waals surface area contributed by atoms with Crippen molar-refractivity contribution in [1.29, 1.82) is 0 Å². The van der Waals surface area contributed by atoms with E-state index in [0.717, 1.165) is 24.3 Å². The van der Waals surface area contributed by atoms with Gasteiger partial charge in [-0.3, -0.25) is 9.89 Å². The molecule has 0 radical (unpaired) electrons. The molecule has 0 aromatic heterocycles. The maximum Gasteiger partial charge on any atom is 0.193 e. The average Bonchev–Trinajstić information content (AvgIpc) is 2.69. The lowest BCUT2D eigenvalue weighted by Gasteiger charge is -2.34. The van der Waals surface area contributed by atoms with Crippen molar-refractivity contribution in [2.45, 2.75) is 6.04 Å². The van der Waals surface area contributed by atoms with Crippen LogP contribution in [0.2, 0.25) is 10.0 Å². The minimum Gasteiger partial charge on any atom is -0.495 e. The highest BCUT2D eigenvalue weighted by Gasteiger charge is 2.22. The maximum absolute atomic E-state index is 6.20. The molecule has 1 aliphatic heterocycles. The Hall–Kier alpha value is -1.99. The summed E-state index contributed by atoms with van der Waals surface area (Å²) < 4.78 is 10.6. The van der Waals surface area contributed by atoms with Gasteiger partial charge in [0.2, 0.25) is 0 Å². The molecular weight excluding hydrogens is 399 g/mol. The van der Waals surface area contributed by atoms with Gasteiger partial charge in [0.1, 0.15) is 5.75 Å². The second-order valence-electron chi connectivity index (χ2n) is 6.42. The summed E-state index contributed by atoms with van der Waals surface area (Å²) >= 11 is 12.4. The number of morpholine rings is 1. The van der Waals surface area contributed by atoms with Gasteiger partial charge < -0.3 is 20.5 Å². The van der Waals surface area contributed by atoms with Crippen LogP contribution in [0.5, 0.6) is 5.75 Å². The van der Waals surface area contributed by atoms with Gasteiger partial charge in [0.25, 0.3) is 0 Å². The topological polar surface area (TPSA) is 72.1 Å². The van der Waals surface area contributed by atoms with Crippen molar-refractivity contribution in [3.05, 3.63) is 58.1 Å². The van der Waals surface area contributed by atoms with Gasteiger partial charge in [0, 0.05) is 23.8 Å². The molecule has 0 bridgehead atoms. The smallest absolute Gasteiger partial charge is 0.193 e. The number of nitrogens with two attached hydrogens (primary N) is 1. The number of guanidine groups is 1. The van der Waals surface area contributed by atoms with Gasteiger partial charge in [-0.2, -0.15) is 0 Å². The first-order valence-electron chi connectivity index (χ1n) is 9.04. The van der Waals surface area contributed by atoms with E-state index in [1.807, 2.05) is 24.3 Å². The normalized spacial score (nSPS) is 16.6. The van der Waals surface area contributed by atoms with Gasteiger partial charge in [-0.1, -0.05) is 35.3 Å². The molecular formula is C20H24Cl2N4O2. The molecule has 1 aliphatic rings. The summed E-state index contributed by atoms with van der Waals surface area (Å²) in [5, 5.41) is 4.29. The summed E-state index contributed by atoms with van der Waals surface area (Å²) in [6.07, 6.45) is 0. The van der Waals surface area contributed by atoms with Crippen LogP contribution in [0.1, 0.15) is 11.6 Å². The molecule has 1 unspecified atom stereocenters. The van der Waals surface area contributed by atoms with E-state index in [9.17, 15) is 0 Å². The fourth-order valence-corrected chi connectivity index (χ4v) is 3.61. The SMILES string of the molecule is COc1ccc(NC(N)=NCC(c2cccc(Cl)c2)N2CCOCC2)cc1Cl. The van der Waals surface area contributed by atoms with Gasteiger partial charge in [-0.25, -0.2) is 0 Å². The molecule has 1 saturated heterocycles. The predicted octanol–water partition coefficient (Wildman–Crippen LogP) is 3.80. The second kappa shape index (κ2) is 9.98. The number of rotatable bonds is 6. The molecule has 2 aromatic carbocycles. The van der Waals surface area contributed by atoms with Crippen LogP contribution in [0.25, 0.3) is 0 Å². The molecule has 0 spiro atoms. The first kappa shape index (κ1) is 20.7. The number of hydrogen-bond acceptors (Lipinski definition) is 4. The minimum absolute atomic E-state index is 0.0717. The first-order chi connectivity index (χ1) is 13.6. The van der Waals surface area contributed by atoms with Crippen LogP contribution in [0.4, 0.5) is 5.69 Å². The minimum atomic E-state index is 0.0717. The Labute approximate surface area is 175 Å². The fourth-order valence-electron chi connectivity index (χ4n) is 3.15. The first-order valence-corrected chi connectivity index (χ1v) is 9.80.